The van der Waals surface area contributed by atoms with Crippen LogP contribution < -0.4 is 5.32 Å². The average molecular weight is 268 g/mol. The highest BCUT2D eigenvalue weighted by Crippen LogP contribution is 2.26. The van der Waals surface area contributed by atoms with Crippen LogP contribution in [0.3, 0.4) is 0 Å². The third-order valence-corrected chi connectivity index (χ3v) is 5.36. The number of nitrogens with one attached hydrogen (secondary N) is 1. The van der Waals surface area contributed by atoms with E-state index >= 15 is 0 Å². The van der Waals surface area contributed by atoms with E-state index in [9.17, 15) is 8.42 Å². The van der Waals surface area contributed by atoms with Gasteiger partial charge in [-0.1, -0.05) is 0 Å². The number of benzene rings is 1. The minimum absolute atomic E-state index is 0.114. The van der Waals surface area contributed by atoms with Crippen molar-refractivity contribution in [2.24, 2.45) is 0 Å². The van der Waals surface area contributed by atoms with E-state index in [1.807, 2.05) is 26.0 Å². The molecule has 100 valence electrons. The molecule has 1 atom stereocenters. The summed E-state index contributed by atoms with van der Waals surface area (Å²) < 4.78 is 26.4. The summed E-state index contributed by atoms with van der Waals surface area (Å²) >= 11 is 0. The molecule has 1 aromatic carbocycles. The van der Waals surface area contributed by atoms with Crippen molar-refractivity contribution in [2.75, 3.05) is 18.4 Å². The third-order valence-electron chi connectivity index (χ3n) is 3.33. The maximum absolute atomic E-state index is 12.4. The summed E-state index contributed by atoms with van der Waals surface area (Å²) in [6, 6.07) is 7.11. The highest BCUT2D eigenvalue weighted by atomic mass is 32.2. The van der Waals surface area contributed by atoms with E-state index in [4.69, 9.17) is 0 Å². The third kappa shape index (κ3) is 2.52. The van der Waals surface area contributed by atoms with Crippen LogP contribution in [0.15, 0.2) is 29.2 Å². The molecule has 1 saturated heterocycles. The van der Waals surface area contributed by atoms with Gasteiger partial charge in [0, 0.05) is 24.8 Å². The lowest BCUT2D eigenvalue weighted by atomic mass is 10.3. The van der Waals surface area contributed by atoms with Crippen LogP contribution in [-0.4, -0.2) is 31.9 Å². The summed E-state index contributed by atoms with van der Waals surface area (Å²) in [7, 11) is -3.31. The molecule has 0 amide bonds. The maximum atomic E-state index is 12.4. The predicted molar refractivity (Wildman–Crippen MR) is 73.2 cm³/mol. The Kier molecular flexibility index (Phi) is 3.92. The monoisotopic (exact) mass is 268 g/mol. The summed E-state index contributed by atoms with van der Waals surface area (Å²) in [5.74, 6) is 0. The van der Waals surface area contributed by atoms with Gasteiger partial charge in [-0.3, -0.25) is 0 Å². The van der Waals surface area contributed by atoms with Gasteiger partial charge in [0.2, 0.25) is 10.0 Å². The van der Waals surface area contributed by atoms with E-state index in [-0.39, 0.29) is 6.04 Å². The second-order valence-corrected chi connectivity index (χ2v) is 6.55. The Balaban J connectivity index is 2.24. The molecule has 1 aliphatic heterocycles. The van der Waals surface area contributed by atoms with Crippen molar-refractivity contribution in [1.29, 1.82) is 0 Å². The van der Waals surface area contributed by atoms with Crippen LogP contribution >= 0.6 is 0 Å². The summed E-state index contributed by atoms with van der Waals surface area (Å²) in [6.45, 7) is 5.45. The molecule has 18 heavy (non-hydrogen) atoms. The van der Waals surface area contributed by atoms with Crippen molar-refractivity contribution in [3.05, 3.63) is 24.3 Å². The second-order valence-electron chi connectivity index (χ2n) is 4.66. The number of sulfonamides is 1. The van der Waals surface area contributed by atoms with Crippen LogP contribution in [0.25, 0.3) is 0 Å². The fourth-order valence-electron chi connectivity index (χ4n) is 2.35. The molecule has 4 nitrogen and oxygen atoms in total. The van der Waals surface area contributed by atoms with E-state index in [1.54, 1.807) is 16.4 Å². The van der Waals surface area contributed by atoms with E-state index in [1.165, 1.54) is 0 Å². The molecule has 1 N–H and O–H groups in total. The van der Waals surface area contributed by atoms with Crippen molar-refractivity contribution in [3.63, 3.8) is 0 Å². The summed E-state index contributed by atoms with van der Waals surface area (Å²) in [6.07, 6.45) is 1.91. The summed E-state index contributed by atoms with van der Waals surface area (Å²) in [5.41, 5.74) is 0.950. The molecule has 1 aliphatic rings. The number of hydrogen-bond acceptors (Lipinski definition) is 3. The molecule has 2 rings (SSSR count). The lowest BCUT2D eigenvalue weighted by molar-refractivity contribution is 0.408. The molecule has 0 aromatic heterocycles. The minimum Gasteiger partial charge on any atom is -0.385 e. The zero-order valence-electron chi connectivity index (χ0n) is 10.9. The van der Waals surface area contributed by atoms with E-state index < -0.39 is 10.0 Å². The molecular weight excluding hydrogens is 248 g/mol. The Morgan fingerprint density at radius 1 is 1.33 bits per heavy atom. The van der Waals surface area contributed by atoms with Crippen LogP contribution in [0.4, 0.5) is 5.69 Å². The Labute approximate surface area is 109 Å². The molecule has 0 bridgehead atoms. The first-order chi connectivity index (χ1) is 8.55. The van der Waals surface area contributed by atoms with Gasteiger partial charge in [0.05, 0.1) is 4.90 Å². The number of hydrogen-bond donors (Lipinski definition) is 1. The average Bonchev–Trinajstić information content (AvgIpc) is 2.77. The first-order valence-electron chi connectivity index (χ1n) is 6.41. The Morgan fingerprint density at radius 2 is 2.00 bits per heavy atom. The molecule has 0 aliphatic carbocycles. The van der Waals surface area contributed by atoms with Crippen molar-refractivity contribution in [3.8, 4) is 0 Å². The molecular formula is C13H20N2O2S. The van der Waals surface area contributed by atoms with Crippen molar-refractivity contribution in [2.45, 2.75) is 37.6 Å². The van der Waals surface area contributed by atoms with Crippen molar-refractivity contribution >= 4 is 15.7 Å². The molecule has 0 radical (unpaired) electrons. The van der Waals surface area contributed by atoms with Gasteiger partial charge < -0.3 is 5.32 Å². The Bertz CT molecular complexity index is 496. The van der Waals surface area contributed by atoms with Gasteiger partial charge in [0.15, 0.2) is 0 Å². The minimum atomic E-state index is -3.31. The molecule has 1 aromatic rings. The maximum Gasteiger partial charge on any atom is 0.243 e. The first kappa shape index (κ1) is 13.4. The Morgan fingerprint density at radius 3 is 2.50 bits per heavy atom. The largest absolute Gasteiger partial charge is 0.385 e. The van der Waals surface area contributed by atoms with Crippen LogP contribution in [0, 0.1) is 0 Å². The van der Waals surface area contributed by atoms with Gasteiger partial charge >= 0.3 is 0 Å². The second kappa shape index (κ2) is 5.28. The van der Waals surface area contributed by atoms with Gasteiger partial charge in [0.1, 0.15) is 0 Å². The van der Waals surface area contributed by atoms with Gasteiger partial charge in [0.25, 0.3) is 0 Å². The van der Waals surface area contributed by atoms with Gasteiger partial charge in [-0.05, 0) is 51.0 Å². The van der Waals surface area contributed by atoms with Crippen LogP contribution in [0.5, 0.6) is 0 Å². The SMILES string of the molecule is CCNc1ccc(S(=O)(=O)N2CCCC2C)cc1. The van der Waals surface area contributed by atoms with Gasteiger partial charge in [-0.15, -0.1) is 0 Å². The van der Waals surface area contributed by atoms with E-state index in [0.29, 0.717) is 11.4 Å². The fourth-order valence-corrected chi connectivity index (χ4v) is 4.05. The summed E-state index contributed by atoms with van der Waals surface area (Å²) in [4.78, 5) is 0.387. The predicted octanol–water partition coefficient (Wildman–Crippen LogP) is 2.29. The summed E-state index contributed by atoms with van der Waals surface area (Å²) in [5, 5.41) is 3.16. The standard InChI is InChI=1S/C13H20N2O2S/c1-3-14-12-6-8-13(9-7-12)18(16,17)15-10-4-5-11(15)2/h6-9,11,14H,3-5,10H2,1-2H3. The van der Waals surface area contributed by atoms with E-state index in [0.717, 1.165) is 25.1 Å². The van der Waals surface area contributed by atoms with Crippen molar-refractivity contribution < 1.29 is 8.42 Å². The zero-order chi connectivity index (χ0) is 13.2. The highest BCUT2D eigenvalue weighted by molar-refractivity contribution is 7.89. The van der Waals surface area contributed by atoms with Gasteiger partial charge in [-0.25, -0.2) is 8.42 Å². The molecule has 0 spiro atoms. The van der Waals surface area contributed by atoms with Crippen LogP contribution in [-0.2, 0) is 10.0 Å². The number of rotatable bonds is 4. The number of nitrogens with zero attached hydrogens (tertiary/aromatic N) is 1. The molecule has 0 saturated carbocycles. The fraction of sp³-hybridized carbons (Fsp3) is 0.538. The lowest BCUT2D eigenvalue weighted by Crippen LogP contribution is -2.33. The Hall–Kier alpha value is -1.07. The number of anilines is 1. The van der Waals surface area contributed by atoms with Crippen LogP contribution in [0.2, 0.25) is 0 Å². The highest BCUT2D eigenvalue weighted by Gasteiger charge is 2.32. The van der Waals surface area contributed by atoms with Gasteiger partial charge in [-0.2, -0.15) is 4.31 Å². The first-order valence-corrected chi connectivity index (χ1v) is 7.85. The van der Waals surface area contributed by atoms with Crippen LogP contribution in [0.1, 0.15) is 26.7 Å². The normalized spacial score (nSPS) is 21.1. The molecule has 5 heteroatoms. The topological polar surface area (TPSA) is 49.4 Å². The lowest BCUT2D eigenvalue weighted by Gasteiger charge is -2.21. The molecule has 1 heterocycles. The van der Waals surface area contributed by atoms with E-state index in [2.05, 4.69) is 5.32 Å². The zero-order valence-corrected chi connectivity index (χ0v) is 11.7. The molecule has 1 unspecified atom stereocenters. The smallest absolute Gasteiger partial charge is 0.243 e. The quantitative estimate of drug-likeness (QED) is 0.911. The molecule has 1 fully saturated rings. The van der Waals surface area contributed by atoms with Crippen molar-refractivity contribution in [1.82, 2.24) is 4.31 Å².